The number of aromatic nitrogens is 3. The van der Waals surface area contributed by atoms with Crippen molar-refractivity contribution >= 4 is 17.9 Å². The number of likely N-dealkylation sites (tertiary alicyclic amines) is 1. The van der Waals surface area contributed by atoms with Crippen LogP contribution in [0.25, 0.3) is 16.8 Å². The van der Waals surface area contributed by atoms with Gasteiger partial charge in [-0.2, -0.15) is 0 Å². The van der Waals surface area contributed by atoms with Crippen molar-refractivity contribution in [1.82, 2.24) is 19.5 Å². The van der Waals surface area contributed by atoms with Gasteiger partial charge in [-0.3, -0.25) is 14.1 Å². The van der Waals surface area contributed by atoms with Crippen LogP contribution in [-0.4, -0.2) is 74.4 Å². The number of alkyl halides is 4. The van der Waals surface area contributed by atoms with Crippen molar-refractivity contribution in [3.8, 4) is 22.8 Å². The van der Waals surface area contributed by atoms with Crippen molar-refractivity contribution in [2.75, 3.05) is 25.0 Å². The van der Waals surface area contributed by atoms with E-state index >= 15 is 0 Å². The van der Waals surface area contributed by atoms with E-state index in [9.17, 15) is 27.1 Å². The number of likely N-dealkylation sites (N-methyl/N-ethyl adjacent to an activating group) is 1. The molecule has 0 radical (unpaired) electrons. The average Bonchev–Trinajstić information content (AvgIpc) is 3.16. The number of piperidine rings is 1. The van der Waals surface area contributed by atoms with Crippen LogP contribution in [0.2, 0.25) is 0 Å². The number of carboxylic acid groups (broad SMARTS) is 1. The lowest BCUT2D eigenvalue weighted by Gasteiger charge is -2.34. The van der Waals surface area contributed by atoms with Gasteiger partial charge in [0.2, 0.25) is 5.95 Å². The molecule has 0 aliphatic carbocycles. The minimum absolute atomic E-state index is 0.0279. The molecular weight excluding hydrogens is 481 g/mol. The largest absolute Gasteiger partial charge is 0.573 e. The minimum Gasteiger partial charge on any atom is -0.507 e. The Bertz CT molecular complexity index is 1170. The van der Waals surface area contributed by atoms with Crippen LogP contribution in [0.4, 0.5) is 27.9 Å². The van der Waals surface area contributed by atoms with E-state index in [0.717, 1.165) is 18.2 Å². The second-order valence-electron chi connectivity index (χ2n) is 7.61. The Hall–Kier alpha value is -3.68. The van der Waals surface area contributed by atoms with Crippen LogP contribution in [0.15, 0.2) is 30.5 Å². The molecule has 1 aliphatic rings. The van der Waals surface area contributed by atoms with Gasteiger partial charge in [-0.05, 0) is 24.7 Å². The SMILES string of the molecule is CCN1C[C@H](F)C[C@@H](Nc2nnc(-c3ccc(OC(F)(F)F)cc3O)c3c(F)ccn23)C1.O=CO. The Labute approximate surface area is 195 Å². The van der Waals surface area contributed by atoms with E-state index in [-0.39, 0.29) is 41.7 Å². The molecule has 3 heterocycles. The maximum absolute atomic E-state index is 14.6. The fraction of sp³-hybridized carbons (Fsp3) is 0.381. The summed E-state index contributed by atoms with van der Waals surface area (Å²) in [6.45, 7) is 3.29. The standard InChI is InChI=1S/C20H20F5N5O2.CH2O2/c1-2-29-9-11(21)7-12(10-29)26-19-28-27-17(18-15(22)5-6-30(18)19)14-4-3-13(8-16(14)31)32-20(23,24)25;2-1-3/h3-6,8,11-12,31H,2,7,9-10H2,1H3,(H,26,28);1H,(H,2,3)/t11-,12-;/m1./s1. The zero-order valence-corrected chi connectivity index (χ0v) is 18.3. The molecule has 3 aromatic rings. The Kier molecular flexibility index (Phi) is 7.94. The maximum atomic E-state index is 14.6. The van der Waals surface area contributed by atoms with Crippen molar-refractivity contribution in [1.29, 1.82) is 0 Å². The molecule has 3 N–H and O–H groups in total. The third kappa shape index (κ3) is 6.26. The van der Waals surface area contributed by atoms with Crippen LogP contribution >= 0.6 is 0 Å². The summed E-state index contributed by atoms with van der Waals surface area (Å²) in [5, 5.41) is 28.3. The highest BCUT2D eigenvalue weighted by molar-refractivity contribution is 5.82. The quantitative estimate of drug-likeness (QED) is 0.357. The zero-order chi connectivity index (χ0) is 25.8. The predicted octanol–water partition coefficient (Wildman–Crippen LogP) is 3.68. The fourth-order valence-electron chi connectivity index (χ4n) is 3.86. The summed E-state index contributed by atoms with van der Waals surface area (Å²) in [5.41, 5.74) is -0.140. The van der Waals surface area contributed by atoms with E-state index < -0.39 is 29.9 Å². The topological polar surface area (TPSA) is 112 Å². The van der Waals surface area contributed by atoms with Gasteiger partial charge in [-0.1, -0.05) is 6.92 Å². The van der Waals surface area contributed by atoms with E-state index in [1.54, 1.807) is 0 Å². The van der Waals surface area contributed by atoms with Crippen LogP contribution in [0, 0.1) is 5.82 Å². The third-order valence-electron chi connectivity index (χ3n) is 5.25. The second-order valence-corrected chi connectivity index (χ2v) is 7.61. The molecule has 0 unspecified atom stereocenters. The number of ether oxygens (including phenoxy) is 1. The number of phenols is 1. The van der Waals surface area contributed by atoms with Gasteiger partial charge in [0.15, 0.2) is 5.82 Å². The number of benzene rings is 1. The predicted molar refractivity (Wildman–Crippen MR) is 114 cm³/mol. The fourth-order valence-corrected chi connectivity index (χ4v) is 3.86. The first kappa shape index (κ1) is 25.9. The number of hydrogen-bond acceptors (Lipinski definition) is 7. The lowest BCUT2D eigenvalue weighted by atomic mass is 10.0. The van der Waals surface area contributed by atoms with Crippen molar-refractivity contribution in [3.63, 3.8) is 0 Å². The Balaban J connectivity index is 0.00000108. The van der Waals surface area contributed by atoms with E-state index in [0.29, 0.717) is 19.6 Å². The van der Waals surface area contributed by atoms with Gasteiger partial charge in [0.25, 0.3) is 6.47 Å². The number of fused-ring (bicyclic) bond motifs is 1. The smallest absolute Gasteiger partial charge is 0.507 e. The van der Waals surface area contributed by atoms with Crippen molar-refractivity contribution in [2.24, 2.45) is 0 Å². The van der Waals surface area contributed by atoms with Crippen LogP contribution in [0.1, 0.15) is 13.3 Å². The second kappa shape index (κ2) is 10.7. The number of nitrogens with one attached hydrogen (secondary N) is 1. The van der Waals surface area contributed by atoms with E-state index in [4.69, 9.17) is 9.90 Å². The minimum atomic E-state index is -4.92. The van der Waals surface area contributed by atoms with Gasteiger partial charge in [-0.15, -0.1) is 23.4 Å². The molecule has 1 aliphatic heterocycles. The zero-order valence-electron chi connectivity index (χ0n) is 18.3. The normalized spacial score (nSPS) is 18.6. The molecule has 0 bridgehead atoms. The number of hydrogen-bond donors (Lipinski definition) is 3. The molecule has 190 valence electrons. The van der Waals surface area contributed by atoms with Gasteiger partial charge < -0.3 is 20.3 Å². The number of phenolic OH excluding ortho intramolecular Hbond substituents is 1. The Morgan fingerprint density at radius 1 is 1.26 bits per heavy atom. The number of nitrogens with zero attached hydrogens (tertiary/aromatic N) is 4. The molecule has 35 heavy (non-hydrogen) atoms. The lowest BCUT2D eigenvalue weighted by Crippen LogP contribution is -2.47. The number of carbonyl (C=O) groups is 1. The van der Waals surface area contributed by atoms with Crippen molar-refractivity contribution < 1.29 is 41.7 Å². The van der Waals surface area contributed by atoms with Crippen molar-refractivity contribution in [3.05, 3.63) is 36.3 Å². The number of anilines is 1. The van der Waals surface area contributed by atoms with E-state index in [2.05, 4.69) is 20.3 Å². The third-order valence-corrected chi connectivity index (χ3v) is 5.25. The average molecular weight is 503 g/mol. The van der Waals surface area contributed by atoms with Gasteiger partial charge in [0.05, 0.1) is 0 Å². The Morgan fingerprint density at radius 3 is 2.60 bits per heavy atom. The first-order valence-electron chi connectivity index (χ1n) is 10.4. The summed E-state index contributed by atoms with van der Waals surface area (Å²) < 4.78 is 71.1. The van der Waals surface area contributed by atoms with Crippen LogP contribution in [0.3, 0.4) is 0 Å². The summed E-state index contributed by atoms with van der Waals surface area (Å²) in [7, 11) is 0. The monoisotopic (exact) mass is 503 g/mol. The van der Waals surface area contributed by atoms with E-state index in [1.807, 2.05) is 11.8 Å². The highest BCUT2D eigenvalue weighted by Gasteiger charge is 2.32. The van der Waals surface area contributed by atoms with Gasteiger partial charge in [0, 0.05) is 43.4 Å². The molecule has 4 rings (SSSR count). The summed E-state index contributed by atoms with van der Waals surface area (Å²) in [5.74, 6) is -1.71. The lowest BCUT2D eigenvalue weighted by molar-refractivity contribution is -0.274. The number of halogens is 5. The highest BCUT2D eigenvalue weighted by atomic mass is 19.4. The summed E-state index contributed by atoms with van der Waals surface area (Å²) >= 11 is 0. The molecule has 0 amide bonds. The molecular formula is C21H22F5N5O4. The first-order chi connectivity index (χ1) is 16.6. The molecule has 1 aromatic carbocycles. The molecule has 14 heteroatoms. The van der Waals surface area contributed by atoms with Crippen LogP contribution < -0.4 is 10.1 Å². The first-order valence-corrected chi connectivity index (χ1v) is 10.4. The molecule has 0 saturated carbocycles. The Morgan fingerprint density at radius 2 is 1.97 bits per heavy atom. The molecule has 2 atom stereocenters. The summed E-state index contributed by atoms with van der Waals surface area (Å²) in [4.78, 5) is 10.3. The summed E-state index contributed by atoms with van der Waals surface area (Å²) in [6, 6.07) is 3.77. The molecule has 9 nitrogen and oxygen atoms in total. The van der Waals surface area contributed by atoms with Crippen LogP contribution in [0.5, 0.6) is 11.5 Å². The summed E-state index contributed by atoms with van der Waals surface area (Å²) in [6.07, 6.45) is -4.28. The molecule has 1 fully saturated rings. The molecule has 1 saturated heterocycles. The van der Waals surface area contributed by atoms with Gasteiger partial charge in [-0.25, -0.2) is 8.78 Å². The van der Waals surface area contributed by atoms with Crippen LogP contribution in [-0.2, 0) is 4.79 Å². The molecule has 0 spiro atoms. The highest BCUT2D eigenvalue weighted by Crippen LogP contribution is 2.36. The number of aromatic hydroxyl groups is 1. The van der Waals surface area contributed by atoms with Gasteiger partial charge in [0.1, 0.15) is 28.9 Å². The maximum Gasteiger partial charge on any atom is 0.573 e. The van der Waals surface area contributed by atoms with Gasteiger partial charge >= 0.3 is 6.36 Å². The molecule has 2 aromatic heterocycles. The number of rotatable bonds is 5. The van der Waals surface area contributed by atoms with Crippen molar-refractivity contribution in [2.45, 2.75) is 31.9 Å². The van der Waals surface area contributed by atoms with E-state index in [1.165, 1.54) is 16.7 Å².